The van der Waals surface area contributed by atoms with Crippen LogP contribution in [0.15, 0.2) is 78.9 Å². The van der Waals surface area contributed by atoms with Crippen molar-refractivity contribution >= 4 is 0 Å². The first-order chi connectivity index (χ1) is 14.3. The van der Waals surface area contributed by atoms with Gasteiger partial charge >= 0.3 is 0 Å². The van der Waals surface area contributed by atoms with E-state index >= 15 is 0 Å². The Morgan fingerprint density at radius 3 is 2.41 bits per heavy atom. The molecule has 3 aromatic rings. The molecule has 3 heteroatoms. The van der Waals surface area contributed by atoms with Gasteiger partial charge in [0.2, 0.25) is 0 Å². The SMILES string of the molecule is CCOc1cccc(C(c2ccc(-c3ccccc3)cc2)N2CCCNCC2)c1. The number of rotatable bonds is 6. The molecule has 1 fully saturated rings. The van der Waals surface area contributed by atoms with Crippen LogP contribution in [-0.4, -0.2) is 37.7 Å². The van der Waals surface area contributed by atoms with Crippen molar-refractivity contribution in [3.8, 4) is 16.9 Å². The fourth-order valence-corrected chi connectivity index (χ4v) is 4.17. The Hall–Kier alpha value is -2.62. The molecule has 4 rings (SSSR count). The molecule has 1 N–H and O–H groups in total. The standard InChI is InChI=1S/C26H30N2O/c1-2-29-25-11-6-10-24(20-25)26(28-18-7-16-27-17-19-28)23-14-12-22(13-15-23)21-8-4-3-5-9-21/h3-6,8-15,20,26-27H,2,7,16-19H2,1H3. The monoisotopic (exact) mass is 386 g/mol. The summed E-state index contributed by atoms with van der Waals surface area (Å²) in [6, 6.07) is 28.5. The molecule has 0 bridgehead atoms. The van der Waals surface area contributed by atoms with Gasteiger partial charge < -0.3 is 10.1 Å². The molecule has 0 amide bonds. The first kappa shape index (κ1) is 19.7. The van der Waals surface area contributed by atoms with Crippen LogP contribution >= 0.6 is 0 Å². The summed E-state index contributed by atoms with van der Waals surface area (Å²) in [6.07, 6.45) is 1.17. The normalized spacial score (nSPS) is 16.2. The average molecular weight is 387 g/mol. The van der Waals surface area contributed by atoms with Crippen LogP contribution in [0.25, 0.3) is 11.1 Å². The van der Waals surface area contributed by atoms with Crippen molar-refractivity contribution in [2.45, 2.75) is 19.4 Å². The molecular weight excluding hydrogens is 356 g/mol. The Bertz CT molecular complexity index is 884. The molecule has 0 spiro atoms. The molecule has 1 atom stereocenters. The van der Waals surface area contributed by atoms with Gasteiger partial charge in [-0.05, 0) is 54.3 Å². The van der Waals surface area contributed by atoms with E-state index < -0.39 is 0 Å². The molecule has 3 aromatic carbocycles. The topological polar surface area (TPSA) is 24.5 Å². The minimum absolute atomic E-state index is 0.236. The van der Waals surface area contributed by atoms with Gasteiger partial charge in [-0.25, -0.2) is 0 Å². The number of ether oxygens (including phenoxy) is 1. The Morgan fingerprint density at radius 2 is 1.62 bits per heavy atom. The highest BCUT2D eigenvalue weighted by atomic mass is 16.5. The second-order valence-corrected chi connectivity index (χ2v) is 7.54. The van der Waals surface area contributed by atoms with Gasteiger partial charge in [0.15, 0.2) is 0 Å². The average Bonchev–Trinajstić information content (AvgIpc) is 3.05. The first-order valence-corrected chi connectivity index (χ1v) is 10.7. The fourth-order valence-electron chi connectivity index (χ4n) is 4.17. The van der Waals surface area contributed by atoms with Crippen LogP contribution in [0, 0.1) is 0 Å². The zero-order valence-corrected chi connectivity index (χ0v) is 17.2. The molecule has 0 radical (unpaired) electrons. The van der Waals surface area contributed by atoms with E-state index in [-0.39, 0.29) is 6.04 Å². The molecule has 150 valence electrons. The number of hydrogen-bond acceptors (Lipinski definition) is 3. The lowest BCUT2D eigenvalue weighted by Gasteiger charge is -2.31. The third-order valence-corrected chi connectivity index (χ3v) is 5.56. The number of nitrogens with zero attached hydrogens (tertiary/aromatic N) is 1. The summed E-state index contributed by atoms with van der Waals surface area (Å²) in [5.41, 5.74) is 5.15. The molecule has 1 saturated heterocycles. The molecule has 29 heavy (non-hydrogen) atoms. The van der Waals surface area contributed by atoms with E-state index in [4.69, 9.17) is 4.74 Å². The van der Waals surface area contributed by atoms with Crippen LogP contribution in [0.2, 0.25) is 0 Å². The molecule has 0 aliphatic carbocycles. The lowest BCUT2D eigenvalue weighted by Crippen LogP contribution is -2.33. The van der Waals surface area contributed by atoms with E-state index in [0.717, 1.165) is 31.9 Å². The van der Waals surface area contributed by atoms with Crippen molar-refractivity contribution in [1.29, 1.82) is 0 Å². The Kier molecular flexibility index (Phi) is 6.60. The Morgan fingerprint density at radius 1 is 0.828 bits per heavy atom. The quantitative estimate of drug-likeness (QED) is 0.635. The number of nitrogens with one attached hydrogen (secondary N) is 1. The van der Waals surface area contributed by atoms with Gasteiger partial charge in [-0.3, -0.25) is 4.90 Å². The van der Waals surface area contributed by atoms with E-state index in [1.54, 1.807) is 0 Å². The van der Waals surface area contributed by atoms with E-state index in [2.05, 4.69) is 83.0 Å². The molecule has 0 saturated carbocycles. The maximum Gasteiger partial charge on any atom is 0.119 e. The van der Waals surface area contributed by atoms with Crippen LogP contribution in [0.5, 0.6) is 5.75 Å². The van der Waals surface area contributed by atoms with Crippen molar-refractivity contribution in [1.82, 2.24) is 10.2 Å². The molecule has 1 aliphatic heterocycles. The summed E-state index contributed by atoms with van der Waals surface area (Å²) in [7, 11) is 0. The smallest absolute Gasteiger partial charge is 0.119 e. The van der Waals surface area contributed by atoms with Crippen LogP contribution in [0.4, 0.5) is 0 Å². The highest BCUT2D eigenvalue weighted by Crippen LogP contribution is 2.32. The maximum absolute atomic E-state index is 5.79. The lowest BCUT2D eigenvalue weighted by atomic mass is 9.94. The van der Waals surface area contributed by atoms with Crippen molar-refractivity contribution in [3.05, 3.63) is 90.0 Å². The molecular formula is C26H30N2O. The lowest BCUT2D eigenvalue weighted by molar-refractivity contribution is 0.240. The third-order valence-electron chi connectivity index (χ3n) is 5.56. The largest absolute Gasteiger partial charge is 0.494 e. The van der Waals surface area contributed by atoms with Gasteiger partial charge in [-0.1, -0.05) is 66.7 Å². The molecule has 3 nitrogen and oxygen atoms in total. The van der Waals surface area contributed by atoms with E-state index in [9.17, 15) is 0 Å². The summed E-state index contributed by atoms with van der Waals surface area (Å²) in [4.78, 5) is 2.60. The van der Waals surface area contributed by atoms with Gasteiger partial charge in [-0.15, -0.1) is 0 Å². The first-order valence-electron chi connectivity index (χ1n) is 10.7. The fraction of sp³-hybridized carbons (Fsp3) is 0.308. The number of benzene rings is 3. The second-order valence-electron chi connectivity index (χ2n) is 7.54. The zero-order chi connectivity index (χ0) is 19.9. The summed E-state index contributed by atoms with van der Waals surface area (Å²) in [5.74, 6) is 0.948. The van der Waals surface area contributed by atoms with Crippen LogP contribution in [-0.2, 0) is 0 Å². The van der Waals surface area contributed by atoms with E-state index in [1.165, 1.54) is 28.7 Å². The summed E-state index contributed by atoms with van der Waals surface area (Å²) < 4.78 is 5.79. The predicted molar refractivity (Wildman–Crippen MR) is 120 cm³/mol. The summed E-state index contributed by atoms with van der Waals surface area (Å²) in [5, 5.41) is 3.53. The summed E-state index contributed by atoms with van der Waals surface area (Å²) in [6.45, 7) is 6.99. The third kappa shape index (κ3) is 4.87. The number of hydrogen-bond donors (Lipinski definition) is 1. The van der Waals surface area contributed by atoms with Crippen LogP contribution in [0.1, 0.15) is 30.5 Å². The van der Waals surface area contributed by atoms with Gasteiger partial charge in [0.05, 0.1) is 12.6 Å². The Labute approximate surface area is 174 Å². The van der Waals surface area contributed by atoms with Gasteiger partial charge in [-0.2, -0.15) is 0 Å². The second kappa shape index (κ2) is 9.73. The minimum atomic E-state index is 0.236. The minimum Gasteiger partial charge on any atom is -0.494 e. The highest BCUT2D eigenvalue weighted by molar-refractivity contribution is 5.63. The molecule has 0 aromatic heterocycles. The molecule has 1 unspecified atom stereocenters. The van der Waals surface area contributed by atoms with Gasteiger partial charge in [0.1, 0.15) is 5.75 Å². The van der Waals surface area contributed by atoms with Crippen LogP contribution in [0.3, 0.4) is 0 Å². The zero-order valence-electron chi connectivity index (χ0n) is 17.2. The predicted octanol–water partition coefficient (Wildman–Crippen LogP) is 5.14. The Balaban J connectivity index is 1.69. The van der Waals surface area contributed by atoms with Crippen molar-refractivity contribution in [2.24, 2.45) is 0 Å². The van der Waals surface area contributed by atoms with E-state index in [0.29, 0.717) is 6.61 Å². The van der Waals surface area contributed by atoms with Crippen molar-refractivity contribution in [2.75, 3.05) is 32.8 Å². The van der Waals surface area contributed by atoms with Crippen molar-refractivity contribution in [3.63, 3.8) is 0 Å². The molecule has 1 aliphatic rings. The summed E-state index contributed by atoms with van der Waals surface area (Å²) >= 11 is 0. The molecule has 1 heterocycles. The van der Waals surface area contributed by atoms with Gasteiger partial charge in [0.25, 0.3) is 0 Å². The highest BCUT2D eigenvalue weighted by Gasteiger charge is 2.23. The van der Waals surface area contributed by atoms with Gasteiger partial charge in [0, 0.05) is 19.6 Å². The maximum atomic E-state index is 5.79. The van der Waals surface area contributed by atoms with Crippen LogP contribution < -0.4 is 10.1 Å². The van der Waals surface area contributed by atoms with Crippen molar-refractivity contribution < 1.29 is 4.74 Å². The van der Waals surface area contributed by atoms with E-state index in [1.807, 2.05) is 13.0 Å².